The molecule has 0 aromatic heterocycles. The number of hydrogen-bond acceptors (Lipinski definition) is 3. The summed E-state index contributed by atoms with van der Waals surface area (Å²) in [6.45, 7) is 11.5. The molecule has 2 atom stereocenters. The molecule has 3 nitrogen and oxygen atoms in total. The molecule has 3 heteroatoms. The maximum absolute atomic E-state index is 13.4. The van der Waals surface area contributed by atoms with Gasteiger partial charge in [0.1, 0.15) is 5.78 Å². The molecule has 0 radical (unpaired) electrons. The van der Waals surface area contributed by atoms with E-state index in [2.05, 4.69) is 23.6 Å². The van der Waals surface area contributed by atoms with E-state index in [1.165, 1.54) is 142 Å². The molecule has 2 unspecified atom stereocenters. The van der Waals surface area contributed by atoms with E-state index in [1.54, 1.807) is 0 Å². The van der Waals surface area contributed by atoms with Gasteiger partial charge in [-0.2, -0.15) is 0 Å². The fourth-order valence-electron chi connectivity index (χ4n) is 6.25. The van der Waals surface area contributed by atoms with Crippen molar-refractivity contribution >= 4 is 5.78 Å². The fraction of sp³-hybridized carbons (Fsp3) is 0.968. The lowest BCUT2D eigenvalue weighted by Crippen LogP contribution is -2.45. The summed E-state index contributed by atoms with van der Waals surface area (Å²) in [5.41, 5.74) is 0. The maximum Gasteiger partial charge on any atom is 0.141 e. The highest BCUT2D eigenvalue weighted by atomic mass is 16.1. The van der Waals surface area contributed by atoms with Gasteiger partial charge < -0.3 is 9.80 Å². The lowest BCUT2D eigenvalue weighted by atomic mass is 9.83. The predicted molar refractivity (Wildman–Crippen MR) is 149 cm³/mol. The van der Waals surface area contributed by atoms with Gasteiger partial charge in [-0.3, -0.25) is 4.79 Å². The van der Waals surface area contributed by atoms with Gasteiger partial charge in [-0.1, -0.05) is 104 Å². The van der Waals surface area contributed by atoms with Crippen LogP contribution in [0.1, 0.15) is 142 Å². The Bertz CT molecular complexity index is 452. The lowest BCUT2D eigenvalue weighted by Gasteiger charge is -2.37. The van der Waals surface area contributed by atoms with Crippen molar-refractivity contribution in [3.63, 3.8) is 0 Å². The van der Waals surface area contributed by atoms with Crippen LogP contribution in [0, 0.1) is 11.8 Å². The van der Waals surface area contributed by atoms with Crippen LogP contribution in [-0.4, -0.2) is 54.9 Å². The van der Waals surface area contributed by atoms with E-state index in [9.17, 15) is 4.79 Å². The number of carbonyl (C=O) groups is 1. The van der Waals surface area contributed by atoms with Crippen molar-refractivity contribution in [2.75, 3.05) is 39.3 Å². The van der Waals surface area contributed by atoms with Crippen molar-refractivity contribution in [2.45, 2.75) is 142 Å². The van der Waals surface area contributed by atoms with E-state index in [0.717, 1.165) is 25.9 Å². The summed E-state index contributed by atoms with van der Waals surface area (Å²) in [5.74, 6) is 1.24. The summed E-state index contributed by atoms with van der Waals surface area (Å²) in [7, 11) is 0. The predicted octanol–water partition coefficient (Wildman–Crippen LogP) is 8.26. The van der Waals surface area contributed by atoms with E-state index in [-0.39, 0.29) is 0 Å². The van der Waals surface area contributed by atoms with Crippen LogP contribution in [0.3, 0.4) is 0 Å². The third-order valence-electron chi connectivity index (χ3n) is 8.47. The Labute approximate surface area is 213 Å². The number of carbonyl (C=O) groups excluding carboxylic acids is 1. The van der Waals surface area contributed by atoms with Crippen molar-refractivity contribution in [1.82, 2.24) is 9.80 Å². The van der Waals surface area contributed by atoms with Gasteiger partial charge in [0.05, 0.1) is 0 Å². The molecule has 0 amide bonds. The third kappa shape index (κ3) is 13.1. The molecule has 2 rings (SSSR count). The van der Waals surface area contributed by atoms with E-state index in [0.29, 0.717) is 17.6 Å². The first-order valence-corrected chi connectivity index (χ1v) is 15.7. The molecule has 2 aliphatic heterocycles. The Morgan fingerprint density at radius 3 is 1.29 bits per heavy atom. The molecule has 34 heavy (non-hydrogen) atoms. The van der Waals surface area contributed by atoms with Crippen LogP contribution in [0.4, 0.5) is 0 Å². The molecule has 0 spiro atoms. The van der Waals surface area contributed by atoms with E-state index < -0.39 is 0 Å². The monoisotopic (exact) mass is 476 g/mol. The molecule has 0 N–H and O–H groups in total. The summed E-state index contributed by atoms with van der Waals surface area (Å²) < 4.78 is 0. The zero-order valence-electron chi connectivity index (χ0n) is 23.3. The highest BCUT2D eigenvalue weighted by Crippen LogP contribution is 2.26. The molecule has 2 saturated heterocycles. The number of Topliss-reactive ketones (excluding diaryl/α,β-unsaturated/α-hetero) is 1. The van der Waals surface area contributed by atoms with Crippen molar-refractivity contribution in [3.05, 3.63) is 0 Å². The zero-order valence-corrected chi connectivity index (χ0v) is 23.3. The van der Waals surface area contributed by atoms with Crippen molar-refractivity contribution < 1.29 is 4.79 Å². The van der Waals surface area contributed by atoms with Gasteiger partial charge in [0.2, 0.25) is 0 Å². The summed E-state index contributed by atoms with van der Waals surface area (Å²) in [6.07, 6.45) is 26.9. The van der Waals surface area contributed by atoms with Crippen LogP contribution in [0.25, 0.3) is 0 Å². The van der Waals surface area contributed by atoms with Crippen molar-refractivity contribution in [1.29, 1.82) is 0 Å². The second-order valence-corrected chi connectivity index (χ2v) is 11.6. The Kier molecular flexibility index (Phi) is 17.3. The molecular formula is C31H60N2O. The van der Waals surface area contributed by atoms with Crippen molar-refractivity contribution in [3.8, 4) is 0 Å². The average Bonchev–Trinajstić information content (AvgIpc) is 2.87. The normalized spacial score (nSPS) is 22.3. The van der Waals surface area contributed by atoms with Gasteiger partial charge in [0, 0.05) is 24.9 Å². The van der Waals surface area contributed by atoms with Gasteiger partial charge in [0.25, 0.3) is 0 Å². The second kappa shape index (κ2) is 19.7. The maximum atomic E-state index is 13.4. The first-order valence-electron chi connectivity index (χ1n) is 15.7. The van der Waals surface area contributed by atoms with Crippen LogP contribution >= 0.6 is 0 Å². The standard InChI is InChI=1S/C31H60N2O/c1-3-5-7-9-11-13-15-17-23-32-25-19-21-29(27-32)31(34)30-22-20-26-33(28-30)24-18-16-14-12-10-8-6-4-2/h29-30H,3-28H2,1-2H3. The highest BCUT2D eigenvalue weighted by molar-refractivity contribution is 5.84. The third-order valence-corrected chi connectivity index (χ3v) is 8.47. The largest absolute Gasteiger partial charge is 0.303 e. The van der Waals surface area contributed by atoms with E-state index in [1.807, 2.05) is 0 Å². The summed E-state index contributed by atoms with van der Waals surface area (Å²) >= 11 is 0. The molecule has 0 saturated carbocycles. The minimum Gasteiger partial charge on any atom is -0.303 e. The first-order chi connectivity index (χ1) is 16.7. The Hall–Kier alpha value is -0.410. The number of nitrogens with zero attached hydrogens (tertiary/aromatic N) is 2. The van der Waals surface area contributed by atoms with Crippen LogP contribution < -0.4 is 0 Å². The minimum atomic E-state index is 0.316. The minimum absolute atomic E-state index is 0.316. The fourth-order valence-corrected chi connectivity index (χ4v) is 6.25. The Morgan fingerprint density at radius 2 is 0.912 bits per heavy atom. The molecule has 2 heterocycles. The first kappa shape index (κ1) is 29.8. The topological polar surface area (TPSA) is 23.6 Å². The number of piperidine rings is 2. The molecule has 0 aliphatic carbocycles. The van der Waals surface area contributed by atoms with Gasteiger partial charge in [-0.15, -0.1) is 0 Å². The Morgan fingerprint density at radius 1 is 0.559 bits per heavy atom. The number of ketones is 1. The highest BCUT2D eigenvalue weighted by Gasteiger charge is 2.33. The molecular weight excluding hydrogens is 416 g/mol. The van der Waals surface area contributed by atoms with Crippen molar-refractivity contribution in [2.24, 2.45) is 11.8 Å². The van der Waals surface area contributed by atoms with Crippen LogP contribution in [0.5, 0.6) is 0 Å². The van der Waals surface area contributed by atoms with Crippen LogP contribution in [-0.2, 0) is 4.79 Å². The SMILES string of the molecule is CCCCCCCCCCN1CCCC(C(=O)C2CCCN(CCCCCCCCCC)C2)C1. The second-order valence-electron chi connectivity index (χ2n) is 11.6. The van der Waals surface area contributed by atoms with Gasteiger partial charge in [-0.05, 0) is 64.7 Å². The van der Waals surface area contributed by atoms with Crippen LogP contribution in [0.2, 0.25) is 0 Å². The molecule has 2 fully saturated rings. The smallest absolute Gasteiger partial charge is 0.141 e. The number of hydrogen-bond donors (Lipinski definition) is 0. The average molecular weight is 477 g/mol. The van der Waals surface area contributed by atoms with E-state index >= 15 is 0 Å². The number of rotatable bonds is 20. The summed E-state index contributed by atoms with van der Waals surface area (Å²) in [5, 5.41) is 0. The number of likely N-dealkylation sites (tertiary alicyclic amines) is 2. The van der Waals surface area contributed by atoms with Gasteiger partial charge in [0.15, 0.2) is 0 Å². The molecule has 0 aromatic carbocycles. The summed E-state index contributed by atoms with van der Waals surface area (Å²) in [4.78, 5) is 18.6. The van der Waals surface area contributed by atoms with Crippen LogP contribution in [0.15, 0.2) is 0 Å². The molecule has 0 bridgehead atoms. The Balaban J connectivity index is 1.57. The molecule has 0 aromatic rings. The molecule has 2 aliphatic rings. The lowest BCUT2D eigenvalue weighted by molar-refractivity contribution is -0.130. The number of unbranched alkanes of at least 4 members (excludes halogenated alkanes) is 14. The van der Waals surface area contributed by atoms with E-state index in [4.69, 9.17) is 0 Å². The quantitative estimate of drug-likeness (QED) is 0.165. The summed E-state index contributed by atoms with van der Waals surface area (Å²) in [6, 6.07) is 0. The van der Waals surface area contributed by atoms with Gasteiger partial charge >= 0.3 is 0 Å². The molecule has 200 valence electrons. The zero-order chi connectivity index (χ0) is 24.3. The van der Waals surface area contributed by atoms with Gasteiger partial charge in [-0.25, -0.2) is 0 Å².